The van der Waals surface area contributed by atoms with Crippen molar-refractivity contribution in [2.24, 2.45) is 11.8 Å². The zero-order valence-corrected chi connectivity index (χ0v) is 19.1. The molecule has 33 heavy (non-hydrogen) atoms. The Morgan fingerprint density at radius 1 is 0.788 bits per heavy atom. The topological polar surface area (TPSA) is 57.7 Å². The molecular weight excluding hydrogens is 480 g/mol. The highest BCUT2D eigenvalue weighted by Gasteiger charge is 2.64. The van der Waals surface area contributed by atoms with Crippen LogP contribution in [0.3, 0.4) is 0 Å². The molecule has 6 heteroatoms. The van der Waals surface area contributed by atoms with Crippen molar-refractivity contribution in [2.45, 2.75) is 12.1 Å². The second-order valence-electron chi connectivity index (χ2n) is 8.53. The summed E-state index contributed by atoms with van der Waals surface area (Å²) in [5, 5.41) is 0. The number of imide groups is 1. The normalized spacial score (nSPS) is 25.1. The van der Waals surface area contributed by atoms with E-state index in [-0.39, 0.29) is 23.6 Å². The number of amides is 2. The van der Waals surface area contributed by atoms with Crippen LogP contribution < -0.4 is 9.80 Å². The molecule has 3 aromatic carbocycles. The van der Waals surface area contributed by atoms with Crippen LogP contribution in [0.2, 0.25) is 0 Å². The molecule has 0 N–H and O–H groups in total. The summed E-state index contributed by atoms with van der Waals surface area (Å²) in [6.07, 6.45) is 3.96. The summed E-state index contributed by atoms with van der Waals surface area (Å²) in [5.41, 5.74) is 2.92. The summed E-state index contributed by atoms with van der Waals surface area (Å²) >= 11 is 3.41. The van der Waals surface area contributed by atoms with Crippen molar-refractivity contribution in [1.29, 1.82) is 0 Å². The molecule has 2 saturated heterocycles. The smallest absolute Gasteiger partial charge is 0.240 e. The predicted molar refractivity (Wildman–Crippen MR) is 130 cm³/mol. The highest BCUT2D eigenvalue weighted by molar-refractivity contribution is 9.10. The largest absolute Gasteiger partial charge is 0.352 e. The number of rotatable bonds is 3. The molecule has 162 valence electrons. The fraction of sp³-hybridized carbons (Fsp3) is 0.148. The molecule has 0 unspecified atom stereocenters. The molecule has 0 spiro atoms. The highest BCUT2D eigenvalue weighted by atomic mass is 79.9. The molecule has 0 bridgehead atoms. The molecule has 0 saturated carbocycles. The zero-order chi connectivity index (χ0) is 22.7. The number of halogens is 1. The van der Waals surface area contributed by atoms with Crippen LogP contribution in [0.1, 0.15) is 15.9 Å². The van der Waals surface area contributed by atoms with Crippen LogP contribution in [0.5, 0.6) is 0 Å². The summed E-state index contributed by atoms with van der Waals surface area (Å²) in [7, 11) is 0. The van der Waals surface area contributed by atoms with E-state index in [1.165, 1.54) is 4.90 Å². The van der Waals surface area contributed by atoms with Gasteiger partial charge in [-0.05, 0) is 35.9 Å². The van der Waals surface area contributed by atoms with Gasteiger partial charge in [0.2, 0.25) is 11.8 Å². The quantitative estimate of drug-likeness (QED) is 0.387. The van der Waals surface area contributed by atoms with Gasteiger partial charge in [0.05, 0.1) is 23.6 Å². The summed E-state index contributed by atoms with van der Waals surface area (Å²) in [5.74, 6) is -2.09. The highest BCUT2D eigenvalue weighted by Crippen LogP contribution is 2.49. The molecule has 3 aromatic rings. The Kier molecular flexibility index (Phi) is 4.59. The van der Waals surface area contributed by atoms with Crippen LogP contribution in [0, 0.1) is 11.8 Å². The van der Waals surface area contributed by atoms with Gasteiger partial charge in [0.25, 0.3) is 0 Å². The minimum absolute atomic E-state index is 0.152. The Morgan fingerprint density at radius 2 is 1.45 bits per heavy atom. The van der Waals surface area contributed by atoms with Gasteiger partial charge in [-0.3, -0.25) is 14.4 Å². The lowest BCUT2D eigenvalue weighted by Crippen LogP contribution is -2.48. The lowest BCUT2D eigenvalue weighted by atomic mass is 9.86. The SMILES string of the molecule is O=C(c1ccc(Br)cc1)[C@@H]1[C@@H]2C(=O)N(c3ccccc3)C(=O)[C@H]2[C@H]2C=Cc3ccccc3N21. The summed E-state index contributed by atoms with van der Waals surface area (Å²) in [4.78, 5) is 44.5. The maximum absolute atomic E-state index is 13.9. The van der Waals surface area contributed by atoms with E-state index < -0.39 is 17.9 Å². The van der Waals surface area contributed by atoms with Crippen molar-refractivity contribution in [3.63, 3.8) is 0 Å². The van der Waals surface area contributed by atoms with Gasteiger partial charge in [0.1, 0.15) is 6.04 Å². The number of ketones is 1. The van der Waals surface area contributed by atoms with E-state index in [0.29, 0.717) is 11.3 Å². The molecule has 6 rings (SSSR count). The van der Waals surface area contributed by atoms with Gasteiger partial charge in [-0.2, -0.15) is 0 Å². The molecule has 3 aliphatic heterocycles. The Bertz CT molecular complexity index is 1320. The Balaban J connectivity index is 1.50. The number of carbonyl (C=O) groups excluding carboxylic acids is 3. The number of fused-ring (bicyclic) bond motifs is 5. The average Bonchev–Trinajstić information content (AvgIpc) is 3.32. The van der Waals surface area contributed by atoms with Crippen LogP contribution in [-0.2, 0) is 9.59 Å². The zero-order valence-electron chi connectivity index (χ0n) is 17.5. The Hall–Kier alpha value is -3.51. The molecular formula is C27H19BrN2O3. The van der Waals surface area contributed by atoms with E-state index >= 15 is 0 Å². The lowest BCUT2D eigenvalue weighted by Gasteiger charge is -2.36. The molecule has 3 heterocycles. The number of Topliss-reactive ketones (excluding diaryl/α,β-unsaturated/α-hetero) is 1. The van der Waals surface area contributed by atoms with Crippen molar-refractivity contribution in [3.05, 3.63) is 101 Å². The molecule has 5 nitrogen and oxygen atoms in total. The molecule has 2 amide bonds. The van der Waals surface area contributed by atoms with Crippen LogP contribution in [-0.4, -0.2) is 29.7 Å². The third-order valence-corrected chi connectivity index (χ3v) is 7.36. The van der Waals surface area contributed by atoms with Gasteiger partial charge in [-0.1, -0.05) is 76.6 Å². The first-order valence-corrected chi connectivity index (χ1v) is 11.6. The third-order valence-electron chi connectivity index (χ3n) is 6.83. The molecule has 0 aromatic heterocycles. The molecule has 3 aliphatic rings. The monoisotopic (exact) mass is 498 g/mol. The average molecular weight is 499 g/mol. The third kappa shape index (κ3) is 2.94. The van der Waals surface area contributed by atoms with Crippen molar-refractivity contribution in [1.82, 2.24) is 0 Å². The summed E-state index contributed by atoms with van der Waals surface area (Å²) in [6.45, 7) is 0. The van der Waals surface area contributed by atoms with E-state index in [1.54, 1.807) is 36.4 Å². The second-order valence-corrected chi connectivity index (χ2v) is 9.45. The van der Waals surface area contributed by atoms with Gasteiger partial charge in [-0.25, -0.2) is 4.90 Å². The van der Waals surface area contributed by atoms with E-state index in [1.807, 2.05) is 59.5 Å². The maximum Gasteiger partial charge on any atom is 0.240 e. The minimum Gasteiger partial charge on any atom is -0.352 e. The molecule has 2 fully saturated rings. The van der Waals surface area contributed by atoms with Gasteiger partial charge in [0, 0.05) is 15.7 Å². The first-order chi connectivity index (χ1) is 16.1. The van der Waals surface area contributed by atoms with Crippen molar-refractivity contribution >= 4 is 51.0 Å². The number of para-hydroxylation sites is 2. The number of nitrogens with zero attached hydrogens (tertiary/aromatic N) is 2. The number of carbonyl (C=O) groups is 3. The van der Waals surface area contributed by atoms with Gasteiger partial charge in [0.15, 0.2) is 5.78 Å². The first kappa shape index (κ1) is 20.1. The van der Waals surface area contributed by atoms with Crippen LogP contribution in [0.4, 0.5) is 11.4 Å². The van der Waals surface area contributed by atoms with E-state index in [0.717, 1.165) is 15.7 Å². The van der Waals surface area contributed by atoms with Gasteiger partial charge >= 0.3 is 0 Å². The van der Waals surface area contributed by atoms with Crippen molar-refractivity contribution in [3.8, 4) is 0 Å². The molecule has 0 radical (unpaired) electrons. The number of hydrogen-bond donors (Lipinski definition) is 0. The fourth-order valence-corrected chi connectivity index (χ4v) is 5.69. The molecule has 0 aliphatic carbocycles. The molecule has 4 atom stereocenters. The van der Waals surface area contributed by atoms with Gasteiger partial charge < -0.3 is 4.90 Å². The fourth-order valence-electron chi connectivity index (χ4n) is 5.43. The number of hydrogen-bond acceptors (Lipinski definition) is 4. The standard InChI is InChI=1S/C27H19BrN2O3/c28-18-13-10-17(11-14-18)25(31)24-23-22(21-15-12-16-6-4-5-9-20(16)30(21)24)26(32)29(27(23)33)19-7-2-1-3-8-19/h1-15,21-24H/t21-,22+,23-,24+/m1/s1. The second kappa shape index (κ2) is 7.52. The van der Waals surface area contributed by atoms with E-state index in [9.17, 15) is 14.4 Å². The Morgan fingerprint density at radius 3 is 2.21 bits per heavy atom. The predicted octanol–water partition coefficient (Wildman–Crippen LogP) is 4.72. The van der Waals surface area contributed by atoms with Crippen molar-refractivity contribution in [2.75, 3.05) is 9.80 Å². The van der Waals surface area contributed by atoms with E-state index in [2.05, 4.69) is 15.9 Å². The van der Waals surface area contributed by atoms with Crippen molar-refractivity contribution < 1.29 is 14.4 Å². The van der Waals surface area contributed by atoms with Gasteiger partial charge in [-0.15, -0.1) is 0 Å². The minimum atomic E-state index is -0.766. The lowest BCUT2D eigenvalue weighted by molar-refractivity contribution is -0.122. The Labute approximate surface area is 199 Å². The summed E-state index contributed by atoms with van der Waals surface area (Å²) < 4.78 is 0.870. The first-order valence-electron chi connectivity index (χ1n) is 10.8. The summed E-state index contributed by atoms with van der Waals surface area (Å²) in [6, 6.07) is 22.8. The van der Waals surface area contributed by atoms with Crippen LogP contribution in [0.15, 0.2) is 89.4 Å². The maximum atomic E-state index is 13.9. The number of anilines is 2. The number of benzene rings is 3. The van der Waals surface area contributed by atoms with Crippen LogP contribution >= 0.6 is 15.9 Å². The van der Waals surface area contributed by atoms with E-state index in [4.69, 9.17) is 0 Å². The van der Waals surface area contributed by atoms with Crippen LogP contribution in [0.25, 0.3) is 6.08 Å².